The second kappa shape index (κ2) is 7.97. The van der Waals surface area contributed by atoms with Crippen molar-refractivity contribution in [3.05, 3.63) is 70.1 Å². The van der Waals surface area contributed by atoms with Gasteiger partial charge in [-0.2, -0.15) is 5.10 Å². The van der Waals surface area contributed by atoms with Gasteiger partial charge in [0.05, 0.1) is 11.6 Å². The topological polar surface area (TPSA) is 58.4 Å². The fourth-order valence-electron chi connectivity index (χ4n) is 2.77. The van der Waals surface area contributed by atoms with Crippen molar-refractivity contribution in [1.29, 1.82) is 0 Å². The summed E-state index contributed by atoms with van der Waals surface area (Å²) in [6.45, 7) is 1.53. The molecule has 0 amide bonds. The number of phenolic OH excluding ortho intramolecular Hbond substituents is 1. The van der Waals surface area contributed by atoms with E-state index in [9.17, 15) is 9.90 Å². The molecule has 5 heteroatoms. The van der Waals surface area contributed by atoms with Crippen molar-refractivity contribution in [2.45, 2.75) is 13.0 Å². The molecule has 0 atom stereocenters. The first-order valence-corrected chi connectivity index (χ1v) is 8.65. The first-order chi connectivity index (χ1) is 12.5. The molecule has 1 heterocycles. The summed E-state index contributed by atoms with van der Waals surface area (Å²) < 4.78 is 1.54. The van der Waals surface area contributed by atoms with Crippen molar-refractivity contribution in [3.63, 3.8) is 0 Å². The second-order valence-corrected chi connectivity index (χ2v) is 6.60. The van der Waals surface area contributed by atoms with Gasteiger partial charge in [-0.1, -0.05) is 36.4 Å². The molecule has 0 saturated heterocycles. The molecule has 0 aliphatic heterocycles. The van der Waals surface area contributed by atoms with Crippen LogP contribution in [0, 0.1) is 0 Å². The van der Waals surface area contributed by atoms with E-state index < -0.39 is 0 Å². The number of hydrogen-bond acceptors (Lipinski definition) is 4. The fourth-order valence-corrected chi connectivity index (χ4v) is 2.77. The SMILES string of the molecule is CN(C)CCCn1ncc2ccc(/C=C/c3ccc(O)cc3)cc2c1=O. The largest absolute Gasteiger partial charge is 0.508 e. The molecule has 5 nitrogen and oxygen atoms in total. The van der Waals surface area contributed by atoms with E-state index in [1.54, 1.807) is 23.0 Å². The van der Waals surface area contributed by atoms with E-state index in [0.717, 1.165) is 29.5 Å². The van der Waals surface area contributed by atoms with Crippen LogP contribution in [0.3, 0.4) is 0 Å². The molecule has 0 spiro atoms. The number of aromatic nitrogens is 2. The maximum atomic E-state index is 12.7. The normalized spacial score (nSPS) is 11.7. The third-order valence-electron chi connectivity index (χ3n) is 4.21. The first-order valence-electron chi connectivity index (χ1n) is 8.65. The Bertz CT molecular complexity index is 973. The zero-order valence-electron chi connectivity index (χ0n) is 15.1. The molecule has 0 saturated carbocycles. The van der Waals surface area contributed by atoms with Crippen LogP contribution in [0.15, 0.2) is 53.5 Å². The van der Waals surface area contributed by atoms with Gasteiger partial charge in [0.2, 0.25) is 0 Å². The molecule has 0 aliphatic rings. The minimum absolute atomic E-state index is 0.0545. The Morgan fingerprint density at radius 1 is 1.08 bits per heavy atom. The summed E-state index contributed by atoms with van der Waals surface area (Å²) in [5.41, 5.74) is 1.88. The highest BCUT2D eigenvalue weighted by molar-refractivity contribution is 5.84. The Labute approximate surface area is 152 Å². The average Bonchev–Trinajstić information content (AvgIpc) is 2.63. The summed E-state index contributed by atoms with van der Waals surface area (Å²) in [5, 5.41) is 15.1. The number of phenols is 1. The van der Waals surface area contributed by atoms with Gasteiger partial charge >= 0.3 is 0 Å². The van der Waals surface area contributed by atoms with Crippen molar-refractivity contribution in [1.82, 2.24) is 14.7 Å². The van der Waals surface area contributed by atoms with Gasteiger partial charge in [-0.15, -0.1) is 0 Å². The van der Waals surface area contributed by atoms with E-state index in [4.69, 9.17) is 0 Å². The minimum Gasteiger partial charge on any atom is -0.508 e. The zero-order chi connectivity index (χ0) is 18.5. The molecule has 3 aromatic rings. The van der Waals surface area contributed by atoms with Crippen LogP contribution >= 0.6 is 0 Å². The number of benzene rings is 2. The summed E-state index contributed by atoms with van der Waals surface area (Å²) in [5.74, 6) is 0.246. The number of nitrogens with zero attached hydrogens (tertiary/aromatic N) is 3. The van der Waals surface area contributed by atoms with Crippen molar-refractivity contribution < 1.29 is 5.11 Å². The van der Waals surface area contributed by atoms with Crippen molar-refractivity contribution in [2.24, 2.45) is 0 Å². The lowest BCUT2D eigenvalue weighted by atomic mass is 10.1. The molecule has 0 bridgehead atoms. The molecule has 0 fully saturated rings. The van der Waals surface area contributed by atoms with Crippen molar-refractivity contribution in [3.8, 4) is 5.75 Å². The zero-order valence-corrected chi connectivity index (χ0v) is 15.1. The predicted octanol–water partition coefficient (Wildman–Crippen LogP) is 3.22. The van der Waals surface area contributed by atoms with Gasteiger partial charge in [0.1, 0.15) is 5.75 Å². The van der Waals surface area contributed by atoms with Gasteiger partial charge < -0.3 is 10.0 Å². The molecule has 2 aromatic carbocycles. The van der Waals surface area contributed by atoms with Gasteiger partial charge in [-0.3, -0.25) is 4.79 Å². The molecular formula is C21H23N3O2. The van der Waals surface area contributed by atoms with E-state index in [2.05, 4.69) is 10.00 Å². The predicted molar refractivity (Wildman–Crippen MR) is 106 cm³/mol. The Hall–Kier alpha value is -2.92. The maximum absolute atomic E-state index is 12.7. The van der Waals surface area contributed by atoms with E-state index in [1.807, 2.05) is 56.6 Å². The van der Waals surface area contributed by atoms with E-state index >= 15 is 0 Å². The number of aryl methyl sites for hydroxylation is 1. The number of hydrogen-bond donors (Lipinski definition) is 1. The van der Waals surface area contributed by atoms with Gasteiger partial charge in [0.25, 0.3) is 5.56 Å². The van der Waals surface area contributed by atoms with Crippen molar-refractivity contribution in [2.75, 3.05) is 20.6 Å². The Balaban J connectivity index is 1.85. The van der Waals surface area contributed by atoms with Crippen LogP contribution in [-0.2, 0) is 6.54 Å². The fraction of sp³-hybridized carbons (Fsp3) is 0.238. The monoisotopic (exact) mass is 349 g/mol. The molecule has 1 aromatic heterocycles. The van der Waals surface area contributed by atoms with Crippen LogP contribution in [0.2, 0.25) is 0 Å². The highest BCUT2D eigenvalue weighted by atomic mass is 16.3. The summed E-state index contributed by atoms with van der Waals surface area (Å²) in [4.78, 5) is 14.8. The van der Waals surface area contributed by atoms with Crippen LogP contribution in [-0.4, -0.2) is 40.4 Å². The van der Waals surface area contributed by atoms with Crippen molar-refractivity contribution >= 4 is 22.9 Å². The third kappa shape index (κ3) is 4.37. The standard InChI is InChI=1S/C21H23N3O2/c1-23(2)12-3-13-24-21(26)20-14-17(6-9-18(20)15-22-24)5-4-16-7-10-19(25)11-8-16/h4-11,14-15,25H,3,12-13H2,1-2H3/b5-4+. The highest BCUT2D eigenvalue weighted by Gasteiger charge is 2.05. The smallest absolute Gasteiger partial charge is 0.274 e. The summed E-state index contributed by atoms with van der Waals surface area (Å²) >= 11 is 0. The summed E-state index contributed by atoms with van der Waals surface area (Å²) in [7, 11) is 4.03. The molecule has 134 valence electrons. The van der Waals surface area contributed by atoms with Gasteiger partial charge in [0.15, 0.2) is 0 Å². The summed E-state index contributed by atoms with van der Waals surface area (Å²) in [6, 6.07) is 12.8. The molecule has 1 N–H and O–H groups in total. The van der Waals surface area contributed by atoms with Gasteiger partial charge in [-0.05, 0) is 56.4 Å². The van der Waals surface area contributed by atoms with E-state index in [1.165, 1.54) is 0 Å². The minimum atomic E-state index is -0.0545. The third-order valence-corrected chi connectivity index (χ3v) is 4.21. The lowest BCUT2D eigenvalue weighted by Crippen LogP contribution is -2.25. The molecule has 3 rings (SSSR count). The molecule has 0 aliphatic carbocycles. The van der Waals surface area contributed by atoms with Crippen LogP contribution in [0.1, 0.15) is 17.5 Å². The molecule has 0 unspecified atom stereocenters. The van der Waals surface area contributed by atoms with Gasteiger partial charge in [-0.25, -0.2) is 4.68 Å². The number of rotatable bonds is 6. The summed E-state index contributed by atoms with van der Waals surface area (Å²) in [6.07, 6.45) is 6.55. The molecule has 26 heavy (non-hydrogen) atoms. The number of aromatic hydroxyl groups is 1. The van der Waals surface area contributed by atoms with Crippen LogP contribution in [0.25, 0.3) is 22.9 Å². The van der Waals surface area contributed by atoms with Crippen LogP contribution in [0.4, 0.5) is 0 Å². The average molecular weight is 349 g/mol. The van der Waals surface area contributed by atoms with Gasteiger partial charge in [0, 0.05) is 11.9 Å². The van der Waals surface area contributed by atoms with E-state index in [-0.39, 0.29) is 11.3 Å². The Morgan fingerprint density at radius 2 is 1.77 bits per heavy atom. The number of fused-ring (bicyclic) bond motifs is 1. The molecular weight excluding hydrogens is 326 g/mol. The lowest BCUT2D eigenvalue weighted by Gasteiger charge is -2.10. The quantitative estimate of drug-likeness (QED) is 0.694. The highest BCUT2D eigenvalue weighted by Crippen LogP contribution is 2.16. The Morgan fingerprint density at radius 3 is 2.50 bits per heavy atom. The van der Waals surface area contributed by atoms with Crippen LogP contribution in [0.5, 0.6) is 5.75 Å². The maximum Gasteiger partial charge on any atom is 0.274 e. The van der Waals surface area contributed by atoms with Crippen LogP contribution < -0.4 is 5.56 Å². The van der Waals surface area contributed by atoms with E-state index in [0.29, 0.717) is 11.9 Å². The first kappa shape index (κ1) is 17.9. The second-order valence-electron chi connectivity index (χ2n) is 6.60. The lowest BCUT2D eigenvalue weighted by molar-refractivity contribution is 0.378. The Kier molecular flexibility index (Phi) is 5.49. The molecule has 0 radical (unpaired) electrons.